The number of methoxy groups -OCH3 is 1. The third kappa shape index (κ3) is 2.25. The van der Waals surface area contributed by atoms with Crippen molar-refractivity contribution < 1.29 is 18.5 Å². The zero-order valence-electron chi connectivity index (χ0n) is 13.9. The van der Waals surface area contributed by atoms with Crippen molar-refractivity contribution in [3.05, 3.63) is 68.8 Å². The van der Waals surface area contributed by atoms with E-state index in [9.17, 15) is 14.9 Å². The van der Waals surface area contributed by atoms with Gasteiger partial charge in [0, 0.05) is 11.6 Å². The lowest BCUT2D eigenvalue weighted by Gasteiger charge is -2.10. The number of rotatable bonds is 3. The van der Waals surface area contributed by atoms with E-state index in [0.29, 0.717) is 22.5 Å². The largest absolute Gasteiger partial charge is 0.496 e. The number of nitro groups is 1. The van der Waals surface area contributed by atoms with E-state index in [2.05, 4.69) is 0 Å². The molecule has 0 saturated heterocycles. The van der Waals surface area contributed by atoms with Crippen molar-refractivity contribution in [3.63, 3.8) is 0 Å². The van der Waals surface area contributed by atoms with Gasteiger partial charge in [0.15, 0.2) is 5.58 Å². The van der Waals surface area contributed by atoms with Crippen molar-refractivity contribution in [1.29, 1.82) is 0 Å². The topological polar surface area (TPSA) is 95.7 Å². The highest BCUT2D eigenvalue weighted by molar-refractivity contribution is 6.09. The summed E-state index contributed by atoms with van der Waals surface area (Å²) < 4.78 is 16.0. The average molecular weight is 351 g/mol. The van der Waals surface area contributed by atoms with E-state index in [1.54, 1.807) is 13.0 Å². The van der Waals surface area contributed by atoms with Crippen LogP contribution in [0.4, 0.5) is 5.88 Å². The number of furan rings is 1. The lowest BCUT2D eigenvalue weighted by atomic mass is 9.96. The molecule has 130 valence electrons. The second-order valence-electron chi connectivity index (χ2n) is 5.79. The van der Waals surface area contributed by atoms with E-state index < -0.39 is 16.4 Å². The first-order valence-corrected chi connectivity index (χ1v) is 7.79. The van der Waals surface area contributed by atoms with Crippen LogP contribution in [0.3, 0.4) is 0 Å². The molecule has 0 aliphatic heterocycles. The predicted molar refractivity (Wildman–Crippen MR) is 95.6 cm³/mol. The Bertz CT molecular complexity index is 1230. The van der Waals surface area contributed by atoms with Gasteiger partial charge in [0.2, 0.25) is 0 Å². The van der Waals surface area contributed by atoms with Gasteiger partial charge in [-0.15, -0.1) is 0 Å². The number of fused-ring (bicyclic) bond motifs is 2. The highest BCUT2D eigenvalue weighted by atomic mass is 16.6. The maximum absolute atomic E-state index is 12.5. The van der Waals surface area contributed by atoms with Gasteiger partial charge in [-0.25, -0.2) is 4.79 Å². The van der Waals surface area contributed by atoms with E-state index in [4.69, 9.17) is 13.6 Å². The smallest absolute Gasteiger partial charge is 0.442 e. The van der Waals surface area contributed by atoms with E-state index in [-0.39, 0.29) is 16.5 Å². The highest BCUT2D eigenvalue weighted by Crippen LogP contribution is 2.45. The Morgan fingerprint density at radius 1 is 1.08 bits per heavy atom. The number of hydrogen-bond acceptors (Lipinski definition) is 6. The summed E-state index contributed by atoms with van der Waals surface area (Å²) in [4.78, 5) is 23.5. The minimum Gasteiger partial charge on any atom is -0.496 e. The van der Waals surface area contributed by atoms with Crippen LogP contribution in [0.15, 0.2) is 56.1 Å². The quantitative estimate of drug-likeness (QED) is 0.400. The number of benzene rings is 2. The van der Waals surface area contributed by atoms with Crippen LogP contribution < -0.4 is 10.4 Å². The molecule has 0 radical (unpaired) electrons. The minimum atomic E-state index is -0.693. The Labute approximate surface area is 146 Å². The molecule has 0 aliphatic carbocycles. The molecule has 0 bridgehead atoms. The molecule has 4 aromatic rings. The monoisotopic (exact) mass is 351 g/mol. The summed E-state index contributed by atoms with van der Waals surface area (Å²) in [6, 6.07) is 12.4. The fourth-order valence-electron chi connectivity index (χ4n) is 3.19. The lowest BCUT2D eigenvalue weighted by molar-refractivity contribution is -0.400. The third-order valence-corrected chi connectivity index (χ3v) is 4.24. The first-order valence-electron chi connectivity index (χ1n) is 7.79. The number of ether oxygens (including phenoxy) is 1. The van der Waals surface area contributed by atoms with Crippen LogP contribution in [-0.2, 0) is 0 Å². The zero-order valence-corrected chi connectivity index (χ0v) is 13.9. The van der Waals surface area contributed by atoms with Gasteiger partial charge in [0.1, 0.15) is 27.4 Å². The van der Waals surface area contributed by atoms with Crippen LogP contribution in [0.1, 0.15) is 5.76 Å². The molecular weight excluding hydrogens is 338 g/mol. The third-order valence-electron chi connectivity index (χ3n) is 4.24. The normalized spacial score (nSPS) is 11.2. The van der Waals surface area contributed by atoms with Gasteiger partial charge < -0.3 is 13.6 Å². The van der Waals surface area contributed by atoms with Gasteiger partial charge in [0.25, 0.3) is 0 Å². The van der Waals surface area contributed by atoms with Crippen molar-refractivity contribution in [2.24, 2.45) is 0 Å². The molecule has 7 nitrogen and oxygen atoms in total. The molecule has 2 heterocycles. The van der Waals surface area contributed by atoms with Crippen LogP contribution in [0.2, 0.25) is 0 Å². The number of aryl methyl sites for hydroxylation is 1. The van der Waals surface area contributed by atoms with Crippen molar-refractivity contribution >= 4 is 27.6 Å². The summed E-state index contributed by atoms with van der Waals surface area (Å²) in [5.74, 6) is 0.185. The van der Waals surface area contributed by atoms with Gasteiger partial charge in [-0.2, -0.15) is 0 Å². The fourth-order valence-corrected chi connectivity index (χ4v) is 3.19. The lowest BCUT2D eigenvalue weighted by Crippen LogP contribution is -2.01. The van der Waals surface area contributed by atoms with Crippen molar-refractivity contribution in [2.45, 2.75) is 6.92 Å². The van der Waals surface area contributed by atoms with Gasteiger partial charge in [-0.05, 0) is 23.8 Å². The molecule has 0 spiro atoms. The molecule has 4 rings (SSSR count). The maximum atomic E-state index is 12.5. The van der Waals surface area contributed by atoms with Crippen LogP contribution in [0, 0.1) is 17.0 Å². The van der Waals surface area contributed by atoms with Gasteiger partial charge in [-0.3, -0.25) is 10.1 Å². The molecule has 0 aliphatic rings. The molecule has 7 heteroatoms. The zero-order chi connectivity index (χ0) is 18.4. The summed E-state index contributed by atoms with van der Waals surface area (Å²) in [7, 11) is 1.47. The van der Waals surface area contributed by atoms with Crippen molar-refractivity contribution in [2.75, 3.05) is 7.11 Å². The number of hydrogen-bond donors (Lipinski definition) is 0. The molecule has 2 aromatic heterocycles. The van der Waals surface area contributed by atoms with Crippen LogP contribution in [-0.4, -0.2) is 12.0 Å². The summed E-state index contributed by atoms with van der Waals surface area (Å²) in [5, 5.41) is 13.2. The first-order chi connectivity index (χ1) is 12.5. The van der Waals surface area contributed by atoms with Gasteiger partial charge in [0.05, 0.1) is 7.11 Å². The first kappa shape index (κ1) is 15.9. The fraction of sp³-hybridized carbons (Fsp3) is 0.105. The predicted octanol–water partition coefficient (Wildman–Crippen LogP) is 4.43. The summed E-state index contributed by atoms with van der Waals surface area (Å²) in [6.45, 7) is 1.58. The Hall–Kier alpha value is -3.61. The van der Waals surface area contributed by atoms with E-state index in [0.717, 1.165) is 5.39 Å². The SMILES string of the molecule is COc1ccc2ccccc2c1-c1c([N+](=O)[O-])oc2cc(C)oc(=O)c12. The molecule has 0 saturated carbocycles. The Morgan fingerprint density at radius 3 is 2.58 bits per heavy atom. The Kier molecular flexibility index (Phi) is 3.50. The van der Waals surface area contributed by atoms with Crippen LogP contribution in [0.5, 0.6) is 5.75 Å². The standard InChI is InChI=1S/C19H13NO6/c1-10-9-14-16(19(21)25-10)17(18(26-14)20(22)23)15-12-6-4-3-5-11(12)7-8-13(15)24-2/h3-9H,1-2H3. The average Bonchev–Trinajstić information content (AvgIpc) is 3.00. The van der Waals surface area contributed by atoms with E-state index in [1.165, 1.54) is 13.2 Å². The van der Waals surface area contributed by atoms with Gasteiger partial charge >= 0.3 is 11.5 Å². The second kappa shape index (κ2) is 5.73. The minimum absolute atomic E-state index is 0.0250. The summed E-state index contributed by atoms with van der Waals surface area (Å²) >= 11 is 0. The molecule has 0 atom stereocenters. The van der Waals surface area contributed by atoms with Gasteiger partial charge in [-0.1, -0.05) is 30.3 Å². The molecule has 2 aromatic carbocycles. The van der Waals surface area contributed by atoms with E-state index >= 15 is 0 Å². The Morgan fingerprint density at radius 2 is 1.85 bits per heavy atom. The molecule has 0 fully saturated rings. The van der Waals surface area contributed by atoms with E-state index in [1.807, 2.05) is 30.3 Å². The molecule has 0 N–H and O–H groups in total. The highest BCUT2D eigenvalue weighted by Gasteiger charge is 2.31. The second-order valence-corrected chi connectivity index (χ2v) is 5.79. The summed E-state index contributed by atoms with van der Waals surface area (Å²) in [6.07, 6.45) is 0. The van der Waals surface area contributed by atoms with Crippen molar-refractivity contribution in [3.8, 4) is 16.9 Å². The molecule has 0 amide bonds. The van der Waals surface area contributed by atoms with Crippen molar-refractivity contribution in [1.82, 2.24) is 0 Å². The van der Waals surface area contributed by atoms with Crippen LogP contribution in [0.25, 0.3) is 32.9 Å². The molecule has 26 heavy (non-hydrogen) atoms. The molecular formula is C19H13NO6. The maximum Gasteiger partial charge on any atom is 0.442 e. The number of nitrogens with zero attached hydrogens (tertiary/aromatic N) is 1. The summed E-state index contributed by atoms with van der Waals surface area (Å²) in [5.41, 5.74) is -0.100. The molecule has 0 unspecified atom stereocenters. The van der Waals surface area contributed by atoms with Crippen LogP contribution >= 0.6 is 0 Å². The Balaban J connectivity index is 2.26.